The zero-order valence-corrected chi connectivity index (χ0v) is 33.6. The van der Waals surface area contributed by atoms with E-state index in [0.717, 1.165) is 44.7 Å². The van der Waals surface area contributed by atoms with Gasteiger partial charge in [-0.15, -0.1) is 0 Å². The normalized spacial score (nSPS) is 13.3. The van der Waals surface area contributed by atoms with Crippen LogP contribution in [0.25, 0.3) is 82.5 Å². The second-order valence-electron chi connectivity index (χ2n) is 16.8. The molecule has 3 heteroatoms. The average molecular weight is 789 g/mol. The highest BCUT2D eigenvalue weighted by Crippen LogP contribution is 2.62. The molecule has 288 valence electrons. The predicted octanol–water partition coefficient (Wildman–Crippen LogP) is 15.6. The Bertz CT molecular complexity index is 3720. The van der Waals surface area contributed by atoms with E-state index in [9.17, 15) is 0 Å². The zero-order chi connectivity index (χ0) is 40.5. The number of hydrogen-bond acceptors (Lipinski definition) is 2. The molecule has 2 heterocycles. The minimum Gasteiger partial charge on any atom is -0.456 e. The lowest BCUT2D eigenvalue weighted by molar-refractivity contribution is 0.669. The second-order valence-corrected chi connectivity index (χ2v) is 16.8. The SMILES string of the molecule is c1ccc(N(c2ccccc2)c2ccc(-c3cc4c5c6c(cccc36)C3(c6ccccc6-c6ccccc63)c3cccc(c35)n4-c3ccc4oc5ccccc5c4c3)cc2)cc1. The summed E-state index contributed by atoms with van der Waals surface area (Å²) in [6, 6.07) is 80.2. The van der Waals surface area contributed by atoms with E-state index in [1.807, 2.05) is 6.07 Å². The van der Waals surface area contributed by atoms with E-state index >= 15 is 0 Å². The molecule has 0 atom stereocenters. The van der Waals surface area contributed by atoms with Gasteiger partial charge in [0, 0.05) is 44.3 Å². The van der Waals surface area contributed by atoms with Gasteiger partial charge in [0.2, 0.25) is 0 Å². The van der Waals surface area contributed by atoms with Gasteiger partial charge in [-0.1, -0.05) is 146 Å². The molecule has 3 nitrogen and oxygen atoms in total. The molecule has 0 bridgehead atoms. The summed E-state index contributed by atoms with van der Waals surface area (Å²) in [5, 5.41) is 7.46. The summed E-state index contributed by atoms with van der Waals surface area (Å²) in [5.74, 6) is 0. The van der Waals surface area contributed by atoms with Gasteiger partial charge in [-0.3, -0.25) is 0 Å². The van der Waals surface area contributed by atoms with Gasteiger partial charge in [0.25, 0.3) is 0 Å². The van der Waals surface area contributed by atoms with E-state index in [-0.39, 0.29) is 0 Å². The fourth-order valence-electron chi connectivity index (χ4n) is 11.4. The van der Waals surface area contributed by atoms with Gasteiger partial charge in [-0.2, -0.15) is 0 Å². The summed E-state index contributed by atoms with van der Waals surface area (Å²) in [7, 11) is 0. The number of furan rings is 1. The van der Waals surface area contributed by atoms with Crippen LogP contribution in [0.3, 0.4) is 0 Å². The third kappa shape index (κ3) is 4.34. The highest BCUT2D eigenvalue weighted by molar-refractivity contribution is 6.29. The van der Waals surface area contributed by atoms with Gasteiger partial charge < -0.3 is 13.9 Å². The number of fused-ring (bicyclic) bond motifs is 10. The van der Waals surface area contributed by atoms with Crippen molar-refractivity contribution in [3.8, 4) is 27.9 Å². The van der Waals surface area contributed by atoms with Crippen molar-refractivity contribution in [1.29, 1.82) is 0 Å². The quantitative estimate of drug-likeness (QED) is 0.173. The Morgan fingerprint density at radius 1 is 0.355 bits per heavy atom. The molecular formula is C59H36N2O. The van der Waals surface area contributed by atoms with Crippen LogP contribution in [-0.4, -0.2) is 4.57 Å². The molecule has 0 N–H and O–H groups in total. The number of rotatable bonds is 5. The molecular weight excluding hydrogens is 753 g/mol. The highest BCUT2D eigenvalue weighted by Gasteiger charge is 2.50. The molecule has 2 aliphatic carbocycles. The summed E-state index contributed by atoms with van der Waals surface area (Å²) in [5.41, 5.74) is 18.5. The van der Waals surface area contributed by atoms with Crippen molar-refractivity contribution in [1.82, 2.24) is 4.57 Å². The highest BCUT2D eigenvalue weighted by atomic mass is 16.3. The molecule has 14 rings (SSSR count). The zero-order valence-electron chi connectivity index (χ0n) is 33.6. The first-order valence-corrected chi connectivity index (χ1v) is 21.4. The van der Waals surface area contributed by atoms with Crippen molar-refractivity contribution in [3.63, 3.8) is 0 Å². The Hall–Kier alpha value is -8.14. The Kier molecular flexibility index (Phi) is 6.76. The van der Waals surface area contributed by atoms with Crippen LogP contribution in [0.4, 0.5) is 17.1 Å². The lowest BCUT2D eigenvalue weighted by Gasteiger charge is -2.38. The average Bonchev–Trinajstić information content (AvgIpc) is 3.98. The molecule has 0 fully saturated rings. The van der Waals surface area contributed by atoms with Crippen molar-refractivity contribution in [2.75, 3.05) is 4.90 Å². The number of benzene rings is 10. The first-order valence-electron chi connectivity index (χ1n) is 21.4. The number of hydrogen-bond donors (Lipinski definition) is 0. The number of anilines is 3. The van der Waals surface area contributed by atoms with Crippen LogP contribution in [0.5, 0.6) is 0 Å². The minimum absolute atomic E-state index is 0.503. The number of para-hydroxylation sites is 3. The topological polar surface area (TPSA) is 21.3 Å². The monoisotopic (exact) mass is 788 g/mol. The molecule has 0 saturated heterocycles. The van der Waals surface area contributed by atoms with Crippen molar-refractivity contribution < 1.29 is 4.42 Å². The van der Waals surface area contributed by atoms with Gasteiger partial charge in [0.05, 0.1) is 16.4 Å². The lowest BCUT2D eigenvalue weighted by atomic mass is 9.63. The van der Waals surface area contributed by atoms with Crippen molar-refractivity contribution in [2.45, 2.75) is 5.41 Å². The van der Waals surface area contributed by atoms with Gasteiger partial charge in [-0.25, -0.2) is 0 Å². The second kappa shape index (κ2) is 12.4. The summed E-state index contributed by atoms with van der Waals surface area (Å²) in [6.07, 6.45) is 0. The summed E-state index contributed by atoms with van der Waals surface area (Å²) in [4.78, 5) is 2.33. The van der Waals surface area contributed by atoms with Crippen LogP contribution in [0.2, 0.25) is 0 Å². The fraction of sp³-hybridized carbons (Fsp3) is 0.0169. The molecule has 0 radical (unpaired) electrons. The molecule has 1 spiro atoms. The standard InChI is InChI=1S/C59H36N2O/c1-3-15-38(16-4-1)60(39-17-5-2-6-18-39)40-31-29-37(30-32-40)46-36-53-58-56-45(46)22-13-25-50(56)59(48-23-10-7-19-42(48)43-20-8-11-24-49(43)59)51-26-14-27-52(57(51)58)61(53)41-33-34-55-47(35-41)44-21-9-12-28-54(44)62-55/h1-36H. The summed E-state index contributed by atoms with van der Waals surface area (Å²) >= 11 is 0. The molecule has 2 aromatic heterocycles. The Morgan fingerprint density at radius 3 is 1.65 bits per heavy atom. The molecule has 0 aliphatic heterocycles. The summed E-state index contributed by atoms with van der Waals surface area (Å²) < 4.78 is 8.88. The van der Waals surface area contributed by atoms with Gasteiger partial charge >= 0.3 is 0 Å². The third-order valence-corrected chi connectivity index (χ3v) is 13.8. The van der Waals surface area contributed by atoms with E-state index in [1.54, 1.807) is 0 Å². The molecule has 10 aromatic carbocycles. The number of nitrogens with zero attached hydrogens (tertiary/aromatic N) is 2. The van der Waals surface area contributed by atoms with Crippen LogP contribution < -0.4 is 4.90 Å². The van der Waals surface area contributed by atoms with E-state index in [1.165, 1.54) is 77.1 Å². The van der Waals surface area contributed by atoms with Gasteiger partial charge in [0.1, 0.15) is 11.2 Å². The van der Waals surface area contributed by atoms with E-state index in [0.29, 0.717) is 0 Å². The molecule has 62 heavy (non-hydrogen) atoms. The van der Waals surface area contributed by atoms with Crippen LogP contribution in [-0.2, 0) is 5.41 Å². The Balaban J connectivity index is 1.09. The van der Waals surface area contributed by atoms with Crippen molar-refractivity contribution in [3.05, 3.63) is 241 Å². The van der Waals surface area contributed by atoms with E-state index in [2.05, 4.69) is 222 Å². The van der Waals surface area contributed by atoms with E-state index in [4.69, 9.17) is 4.42 Å². The predicted molar refractivity (Wildman–Crippen MR) is 257 cm³/mol. The maximum atomic E-state index is 6.36. The third-order valence-electron chi connectivity index (χ3n) is 13.8. The first-order chi connectivity index (χ1) is 30.8. The largest absolute Gasteiger partial charge is 0.456 e. The Morgan fingerprint density at radius 2 is 0.919 bits per heavy atom. The van der Waals surface area contributed by atoms with Crippen LogP contribution in [0.1, 0.15) is 22.3 Å². The fourth-order valence-corrected chi connectivity index (χ4v) is 11.4. The summed E-state index contributed by atoms with van der Waals surface area (Å²) in [6.45, 7) is 0. The maximum Gasteiger partial charge on any atom is 0.135 e. The molecule has 12 aromatic rings. The maximum absolute atomic E-state index is 6.36. The molecule has 0 saturated carbocycles. The molecule has 0 unspecified atom stereocenters. The lowest BCUT2D eigenvalue weighted by Crippen LogP contribution is -2.30. The van der Waals surface area contributed by atoms with Crippen LogP contribution >= 0.6 is 0 Å². The van der Waals surface area contributed by atoms with Crippen LogP contribution in [0.15, 0.2) is 223 Å². The van der Waals surface area contributed by atoms with Crippen LogP contribution in [0, 0.1) is 0 Å². The molecule has 2 aliphatic rings. The minimum atomic E-state index is -0.503. The Labute approximate surface area is 358 Å². The number of aromatic nitrogens is 1. The van der Waals surface area contributed by atoms with Crippen molar-refractivity contribution in [2.24, 2.45) is 0 Å². The van der Waals surface area contributed by atoms with Gasteiger partial charge in [-0.05, 0) is 128 Å². The molecule has 0 amide bonds. The van der Waals surface area contributed by atoms with Crippen molar-refractivity contribution >= 4 is 71.6 Å². The first kappa shape index (κ1) is 33.7. The smallest absolute Gasteiger partial charge is 0.135 e. The van der Waals surface area contributed by atoms with Gasteiger partial charge in [0.15, 0.2) is 0 Å². The van der Waals surface area contributed by atoms with E-state index < -0.39 is 5.41 Å².